The molecule has 116 valence electrons. The number of tetrazole rings is 1. The quantitative estimate of drug-likeness (QED) is 0.835. The van der Waals surface area contributed by atoms with Crippen LogP contribution in [0.4, 0.5) is 0 Å². The number of nitrogens with zero attached hydrogens (tertiary/aromatic N) is 4. The van der Waals surface area contributed by atoms with Gasteiger partial charge < -0.3 is 5.11 Å². The van der Waals surface area contributed by atoms with E-state index in [1.807, 2.05) is 0 Å². The van der Waals surface area contributed by atoms with Gasteiger partial charge in [-0.2, -0.15) is 0 Å². The maximum atomic E-state index is 11.1. The summed E-state index contributed by atoms with van der Waals surface area (Å²) in [5.41, 5.74) is 0. The smallest absolute Gasteiger partial charge is 0.305 e. The fraction of sp³-hybridized carbons (Fsp3) is 0.867. The molecule has 21 heavy (non-hydrogen) atoms. The Bertz CT molecular complexity index is 502. The number of fused-ring (bicyclic) bond motifs is 2. The highest BCUT2D eigenvalue weighted by molar-refractivity contribution is 5.67. The van der Waals surface area contributed by atoms with Crippen molar-refractivity contribution in [1.29, 1.82) is 0 Å². The van der Waals surface area contributed by atoms with Crippen LogP contribution in [0, 0.1) is 17.8 Å². The zero-order chi connectivity index (χ0) is 14.8. The van der Waals surface area contributed by atoms with Crippen molar-refractivity contribution in [2.24, 2.45) is 17.8 Å². The van der Waals surface area contributed by atoms with Gasteiger partial charge in [0, 0.05) is 6.42 Å². The van der Waals surface area contributed by atoms with Gasteiger partial charge >= 0.3 is 5.97 Å². The van der Waals surface area contributed by atoms with Crippen LogP contribution in [0.1, 0.15) is 63.7 Å². The molecule has 1 aromatic rings. The molecule has 2 aliphatic carbocycles. The first-order valence-electron chi connectivity index (χ1n) is 8.15. The third kappa shape index (κ3) is 3.09. The SMILES string of the molecule is CCCC(CC(=O)O)n1nnnc1CC1CC2CCC1C2. The lowest BCUT2D eigenvalue weighted by Gasteiger charge is -2.22. The van der Waals surface area contributed by atoms with Crippen LogP contribution in [-0.4, -0.2) is 31.3 Å². The van der Waals surface area contributed by atoms with Crippen molar-refractivity contribution >= 4 is 5.97 Å². The molecule has 2 fully saturated rings. The molecule has 4 unspecified atom stereocenters. The lowest BCUT2D eigenvalue weighted by molar-refractivity contribution is -0.138. The third-order valence-electron chi connectivity index (χ3n) is 5.27. The normalized spacial score (nSPS) is 28.9. The van der Waals surface area contributed by atoms with Gasteiger partial charge in [0.25, 0.3) is 0 Å². The Morgan fingerprint density at radius 2 is 2.29 bits per heavy atom. The van der Waals surface area contributed by atoms with Crippen molar-refractivity contribution in [1.82, 2.24) is 20.2 Å². The Kier molecular flexibility index (Phi) is 4.22. The summed E-state index contributed by atoms with van der Waals surface area (Å²) >= 11 is 0. The Morgan fingerprint density at radius 3 is 2.90 bits per heavy atom. The molecule has 3 rings (SSSR count). The number of carboxylic acids is 1. The molecule has 2 aliphatic rings. The van der Waals surface area contributed by atoms with Crippen LogP contribution >= 0.6 is 0 Å². The first-order valence-corrected chi connectivity index (χ1v) is 8.15. The average molecular weight is 292 g/mol. The molecule has 0 amide bonds. The molecule has 0 saturated heterocycles. The van der Waals surface area contributed by atoms with E-state index in [0.717, 1.165) is 36.9 Å². The zero-order valence-corrected chi connectivity index (χ0v) is 12.6. The number of aliphatic carboxylic acids is 1. The minimum atomic E-state index is -0.783. The molecule has 0 radical (unpaired) electrons. The fourth-order valence-electron chi connectivity index (χ4n) is 4.34. The summed E-state index contributed by atoms with van der Waals surface area (Å²) in [5, 5.41) is 21.2. The van der Waals surface area contributed by atoms with Gasteiger partial charge in [-0.15, -0.1) is 5.10 Å². The number of hydrogen-bond donors (Lipinski definition) is 1. The predicted octanol–water partition coefficient (Wildman–Crippen LogP) is 2.47. The van der Waals surface area contributed by atoms with Crippen LogP contribution in [-0.2, 0) is 11.2 Å². The van der Waals surface area contributed by atoms with E-state index in [0.29, 0.717) is 5.92 Å². The van der Waals surface area contributed by atoms with E-state index < -0.39 is 5.97 Å². The minimum absolute atomic E-state index is 0.0998. The highest BCUT2D eigenvalue weighted by Crippen LogP contribution is 2.49. The number of carboxylic acid groups (broad SMARTS) is 1. The Labute approximate surface area is 124 Å². The Morgan fingerprint density at radius 1 is 1.43 bits per heavy atom. The van der Waals surface area contributed by atoms with Crippen LogP contribution in [0.2, 0.25) is 0 Å². The van der Waals surface area contributed by atoms with Gasteiger partial charge in [0.15, 0.2) is 5.82 Å². The predicted molar refractivity (Wildman–Crippen MR) is 76.7 cm³/mol. The lowest BCUT2D eigenvalue weighted by Crippen LogP contribution is -2.21. The molecule has 0 aliphatic heterocycles. The number of aromatic nitrogens is 4. The summed E-state index contributed by atoms with van der Waals surface area (Å²) in [6.07, 6.45) is 8.17. The van der Waals surface area contributed by atoms with Crippen molar-refractivity contribution in [3.05, 3.63) is 5.82 Å². The largest absolute Gasteiger partial charge is 0.481 e. The van der Waals surface area contributed by atoms with Crippen molar-refractivity contribution in [3.8, 4) is 0 Å². The first-order chi connectivity index (χ1) is 10.2. The zero-order valence-electron chi connectivity index (χ0n) is 12.6. The molecular formula is C15H24N4O2. The lowest BCUT2D eigenvalue weighted by atomic mass is 9.86. The number of rotatable bonds is 7. The van der Waals surface area contributed by atoms with Gasteiger partial charge in [-0.25, -0.2) is 4.68 Å². The Hall–Kier alpha value is -1.46. The van der Waals surface area contributed by atoms with Gasteiger partial charge in [-0.05, 0) is 53.9 Å². The maximum Gasteiger partial charge on any atom is 0.305 e. The van der Waals surface area contributed by atoms with Gasteiger partial charge in [0.2, 0.25) is 0 Å². The van der Waals surface area contributed by atoms with E-state index in [9.17, 15) is 4.79 Å². The summed E-state index contributed by atoms with van der Waals surface area (Å²) in [7, 11) is 0. The highest BCUT2D eigenvalue weighted by Gasteiger charge is 2.40. The molecule has 4 atom stereocenters. The van der Waals surface area contributed by atoms with E-state index in [1.165, 1.54) is 25.7 Å². The number of carbonyl (C=O) groups is 1. The molecule has 1 N–H and O–H groups in total. The van der Waals surface area contributed by atoms with Crippen molar-refractivity contribution in [2.45, 2.75) is 64.3 Å². The van der Waals surface area contributed by atoms with E-state index in [1.54, 1.807) is 4.68 Å². The van der Waals surface area contributed by atoms with Crippen molar-refractivity contribution < 1.29 is 9.90 Å². The molecule has 2 saturated carbocycles. The monoisotopic (exact) mass is 292 g/mol. The second kappa shape index (κ2) is 6.12. The molecule has 1 aromatic heterocycles. The van der Waals surface area contributed by atoms with E-state index in [2.05, 4.69) is 22.4 Å². The van der Waals surface area contributed by atoms with Crippen LogP contribution in [0.3, 0.4) is 0 Å². The fourth-order valence-corrected chi connectivity index (χ4v) is 4.34. The molecule has 2 bridgehead atoms. The summed E-state index contributed by atoms with van der Waals surface area (Å²) < 4.78 is 1.78. The maximum absolute atomic E-state index is 11.1. The molecule has 1 heterocycles. The van der Waals surface area contributed by atoms with Gasteiger partial charge in [-0.3, -0.25) is 4.79 Å². The van der Waals surface area contributed by atoms with E-state index in [-0.39, 0.29) is 12.5 Å². The molecule has 0 aromatic carbocycles. The minimum Gasteiger partial charge on any atom is -0.481 e. The van der Waals surface area contributed by atoms with Gasteiger partial charge in [-0.1, -0.05) is 19.8 Å². The van der Waals surface area contributed by atoms with Crippen molar-refractivity contribution in [2.75, 3.05) is 0 Å². The average Bonchev–Trinajstić information content (AvgIpc) is 3.13. The summed E-state index contributed by atoms with van der Waals surface area (Å²) in [5.74, 6) is 2.54. The first kappa shape index (κ1) is 14.5. The van der Waals surface area contributed by atoms with E-state index >= 15 is 0 Å². The van der Waals surface area contributed by atoms with Crippen molar-refractivity contribution in [3.63, 3.8) is 0 Å². The molecule has 6 heteroatoms. The van der Waals surface area contributed by atoms with Crippen LogP contribution in [0.15, 0.2) is 0 Å². The Balaban J connectivity index is 1.71. The standard InChI is InChI=1S/C15H24N4O2/c1-2-3-13(9-15(20)21)19-14(16-17-18-19)8-12-7-10-4-5-11(12)6-10/h10-13H,2-9H2,1H3,(H,20,21). The second-order valence-corrected chi connectivity index (χ2v) is 6.72. The van der Waals surface area contributed by atoms with E-state index in [4.69, 9.17) is 5.11 Å². The highest BCUT2D eigenvalue weighted by atomic mass is 16.4. The molecule has 0 spiro atoms. The second-order valence-electron chi connectivity index (χ2n) is 6.72. The molecule has 6 nitrogen and oxygen atoms in total. The summed E-state index contributed by atoms with van der Waals surface area (Å²) in [6, 6.07) is -0.115. The van der Waals surface area contributed by atoms with Crippen LogP contribution < -0.4 is 0 Å². The van der Waals surface area contributed by atoms with Gasteiger partial charge in [0.1, 0.15) is 0 Å². The molecular weight excluding hydrogens is 268 g/mol. The van der Waals surface area contributed by atoms with Crippen LogP contribution in [0.5, 0.6) is 0 Å². The number of hydrogen-bond acceptors (Lipinski definition) is 4. The topological polar surface area (TPSA) is 80.9 Å². The summed E-state index contributed by atoms with van der Waals surface area (Å²) in [6.45, 7) is 2.06. The van der Waals surface area contributed by atoms with Crippen LogP contribution in [0.25, 0.3) is 0 Å². The summed E-state index contributed by atoms with van der Waals surface area (Å²) in [4.78, 5) is 11.1. The van der Waals surface area contributed by atoms with Gasteiger partial charge in [0.05, 0.1) is 12.5 Å². The third-order valence-corrected chi connectivity index (χ3v) is 5.27.